The van der Waals surface area contributed by atoms with Crippen LogP contribution in [0, 0.1) is 5.41 Å². The van der Waals surface area contributed by atoms with Crippen molar-refractivity contribution in [2.24, 2.45) is 5.41 Å². The van der Waals surface area contributed by atoms with Crippen LogP contribution in [-0.4, -0.2) is 68.1 Å². The normalized spacial score (nSPS) is 30.2. The number of piperazine rings is 1. The van der Waals surface area contributed by atoms with Gasteiger partial charge in [0.1, 0.15) is 6.29 Å². The topological polar surface area (TPSA) is 32.8 Å². The largest absolute Gasteiger partial charge is 0.381 e. The molecule has 0 spiro atoms. The van der Waals surface area contributed by atoms with Crippen molar-refractivity contribution in [3.63, 3.8) is 0 Å². The molecule has 2 rings (SSSR count). The van der Waals surface area contributed by atoms with Gasteiger partial charge in [0.25, 0.3) is 0 Å². The summed E-state index contributed by atoms with van der Waals surface area (Å²) < 4.78 is 5.39. The van der Waals surface area contributed by atoms with Crippen molar-refractivity contribution in [1.82, 2.24) is 9.80 Å². The fourth-order valence-corrected chi connectivity index (χ4v) is 3.22. The van der Waals surface area contributed by atoms with Crippen molar-refractivity contribution in [1.29, 1.82) is 0 Å². The predicted octanol–water partition coefficient (Wildman–Crippen LogP) is 1.01. The Bertz CT molecular complexity index is 277. The molecule has 2 aliphatic rings. The molecule has 0 aromatic carbocycles. The van der Waals surface area contributed by atoms with Gasteiger partial charge in [0, 0.05) is 50.8 Å². The van der Waals surface area contributed by atoms with Crippen molar-refractivity contribution in [2.75, 3.05) is 45.9 Å². The highest BCUT2D eigenvalue weighted by molar-refractivity contribution is 5.60. The van der Waals surface area contributed by atoms with Crippen molar-refractivity contribution in [3.8, 4) is 0 Å². The van der Waals surface area contributed by atoms with E-state index in [-0.39, 0.29) is 5.41 Å². The Balaban J connectivity index is 1.90. The minimum Gasteiger partial charge on any atom is -0.381 e. The molecule has 104 valence electrons. The molecule has 4 nitrogen and oxygen atoms in total. The van der Waals surface area contributed by atoms with E-state index in [1.807, 2.05) is 0 Å². The van der Waals surface area contributed by atoms with Crippen LogP contribution in [0.25, 0.3) is 0 Å². The van der Waals surface area contributed by atoms with Gasteiger partial charge >= 0.3 is 0 Å². The lowest BCUT2D eigenvalue weighted by Gasteiger charge is -2.43. The van der Waals surface area contributed by atoms with Crippen LogP contribution in [0.4, 0.5) is 0 Å². The highest BCUT2D eigenvalue weighted by Gasteiger charge is 2.35. The van der Waals surface area contributed by atoms with Gasteiger partial charge in [-0.15, -0.1) is 0 Å². The summed E-state index contributed by atoms with van der Waals surface area (Å²) in [5.41, 5.74) is -0.146. The molecule has 2 aliphatic heterocycles. The number of hydrogen-bond acceptors (Lipinski definition) is 4. The van der Waals surface area contributed by atoms with Gasteiger partial charge in [0.05, 0.1) is 0 Å². The maximum atomic E-state index is 11.5. The molecule has 2 fully saturated rings. The van der Waals surface area contributed by atoms with Crippen molar-refractivity contribution < 1.29 is 9.53 Å². The molecule has 1 atom stereocenters. The van der Waals surface area contributed by atoms with Crippen LogP contribution in [0.3, 0.4) is 0 Å². The van der Waals surface area contributed by atoms with E-state index >= 15 is 0 Å². The second-order valence-corrected chi connectivity index (χ2v) is 5.81. The lowest BCUT2D eigenvalue weighted by atomic mass is 9.81. The maximum absolute atomic E-state index is 11.5. The van der Waals surface area contributed by atoms with E-state index in [1.165, 1.54) is 6.29 Å². The van der Waals surface area contributed by atoms with E-state index in [0.717, 1.165) is 58.8 Å². The summed E-state index contributed by atoms with van der Waals surface area (Å²) in [6.07, 6.45) is 2.96. The lowest BCUT2D eigenvalue weighted by Crippen LogP contribution is -2.54. The minimum atomic E-state index is -0.146. The molecule has 0 amide bonds. The first-order valence-electron chi connectivity index (χ1n) is 7.19. The number of aldehydes is 1. The SMILES string of the molecule is CCN1CCN(CC2(C=O)CCOCC2)CC1C. The maximum Gasteiger partial charge on any atom is 0.127 e. The molecule has 0 N–H and O–H groups in total. The molecular formula is C14H26N2O2. The highest BCUT2D eigenvalue weighted by Crippen LogP contribution is 2.30. The number of likely N-dealkylation sites (N-methyl/N-ethyl adjacent to an activating group) is 1. The average Bonchev–Trinajstić information content (AvgIpc) is 2.40. The van der Waals surface area contributed by atoms with Gasteiger partial charge in [-0.3, -0.25) is 9.80 Å². The number of rotatable bonds is 4. The van der Waals surface area contributed by atoms with Crippen LogP contribution < -0.4 is 0 Å². The molecular weight excluding hydrogens is 228 g/mol. The van der Waals surface area contributed by atoms with Gasteiger partial charge in [0.15, 0.2) is 0 Å². The van der Waals surface area contributed by atoms with Gasteiger partial charge < -0.3 is 9.53 Å². The molecule has 0 aromatic rings. The van der Waals surface area contributed by atoms with Crippen LogP contribution >= 0.6 is 0 Å². The van der Waals surface area contributed by atoms with Gasteiger partial charge in [-0.25, -0.2) is 0 Å². The number of carbonyl (C=O) groups excluding carboxylic acids is 1. The Hall–Kier alpha value is -0.450. The summed E-state index contributed by atoms with van der Waals surface area (Å²) in [7, 11) is 0. The Labute approximate surface area is 110 Å². The molecule has 18 heavy (non-hydrogen) atoms. The van der Waals surface area contributed by atoms with Gasteiger partial charge in [0.2, 0.25) is 0 Å². The van der Waals surface area contributed by atoms with Crippen LogP contribution in [0.1, 0.15) is 26.7 Å². The second kappa shape index (κ2) is 6.13. The molecule has 1 unspecified atom stereocenters. The third-order valence-corrected chi connectivity index (χ3v) is 4.53. The molecule has 4 heteroatoms. The van der Waals surface area contributed by atoms with Gasteiger partial charge in [-0.05, 0) is 26.3 Å². The summed E-state index contributed by atoms with van der Waals surface area (Å²) in [5, 5.41) is 0. The Kier molecular flexibility index (Phi) is 4.76. The second-order valence-electron chi connectivity index (χ2n) is 5.81. The molecule has 2 heterocycles. The fourth-order valence-electron chi connectivity index (χ4n) is 3.22. The molecule has 0 radical (unpaired) electrons. The number of carbonyl (C=O) groups is 1. The number of nitrogens with zero attached hydrogens (tertiary/aromatic N) is 2. The van der Waals surface area contributed by atoms with Crippen molar-refractivity contribution >= 4 is 6.29 Å². The third kappa shape index (κ3) is 3.11. The molecule has 0 aliphatic carbocycles. The average molecular weight is 254 g/mol. The highest BCUT2D eigenvalue weighted by atomic mass is 16.5. The zero-order valence-electron chi connectivity index (χ0n) is 11.7. The van der Waals surface area contributed by atoms with E-state index < -0.39 is 0 Å². The lowest BCUT2D eigenvalue weighted by molar-refractivity contribution is -0.123. The molecule has 2 saturated heterocycles. The molecule has 0 saturated carbocycles. The van der Waals surface area contributed by atoms with E-state index in [0.29, 0.717) is 6.04 Å². The van der Waals surface area contributed by atoms with Crippen molar-refractivity contribution in [3.05, 3.63) is 0 Å². The Morgan fingerprint density at radius 2 is 2.06 bits per heavy atom. The first-order chi connectivity index (χ1) is 8.69. The fraction of sp³-hybridized carbons (Fsp3) is 0.929. The van der Waals surface area contributed by atoms with E-state index in [4.69, 9.17) is 4.74 Å². The summed E-state index contributed by atoms with van der Waals surface area (Å²) in [4.78, 5) is 16.4. The predicted molar refractivity (Wildman–Crippen MR) is 71.7 cm³/mol. The first-order valence-corrected chi connectivity index (χ1v) is 7.19. The van der Waals surface area contributed by atoms with Crippen LogP contribution in [-0.2, 0) is 9.53 Å². The van der Waals surface area contributed by atoms with Gasteiger partial charge in [-0.1, -0.05) is 6.92 Å². The quantitative estimate of drug-likeness (QED) is 0.701. The number of hydrogen-bond donors (Lipinski definition) is 0. The zero-order chi connectivity index (χ0) is 13.0. The summed E-state index contributed by atoms with van der Waals surface area (Å²) in [5.74, 6) is 0. The minimum absolute atomic E-state index is 0.146. The van der Waals surface area contributed by atoms with E-state index in [2.05, 4.69) is 23.6 Å². The van der Waals surface area contributed by atoms with Crippen molar-refractivity contribution in [2.45, 2.75) is 32.7 Å². The Morgan fingerprint density at radius 3 is 2.61 bits per heavy atom. The zero-order valence-corrected chi connectivity index (χ0v) is 11.7. The smallest absolute Gasteiger partial charge is 0.127 e. The first kappa shape index (κ1) is 14.0. The number of ether oxygens (including phenoxy) is 1. The molecule has 0 bridgehead atoms. The summed E-state index contributed by atoms with van der Waals surface area (Å²) in [6.45, 7) is 11.3. The van der Waals surface area contributed by atoms with E-state index in [9.17, 15) is 4.79 Å². The molecule has 0 aromatic heterocycles. The van der Waals surface area contributed by atoms with Crippen LogP contribution in [0.5, 0.6) is 0 Å². The van der Waals surface area contributed by atoms with Crippen LogP contribution in [0.15, 0.2) is 0 Å². The standard InChI is InChI=1S/C14H26N2O2/c1-3-16-7-6-15(10-13(16)2)11-14(12-17)4-8-18-9-5-14/h12-13H,3-11H2,1-2H3. The van der Waals surface area contributed by atoms with Crippen LogP contribution in [0.2, 0.25) is 0 Å². The Morgan fingerprint density at radius 1 is 1.33 bits per heavy atom. The summed E-state index contributed by atoms with van der Waals surface area (Å²) in [6, 6.07) is 0.604. The van der Waals surface area contributed by atoms with E-state index in [1.54, 1.807) is 0 Å². The van der Waals surface area contributed by atoms with Gasteiger partial charge in [-0.2, -0.15) is 0 Å². The monoisotopic (exact) mass is 254 g/mol. The third-order valence-electron chi connectivity index (χ3n) is 4.53. The summed E-state index contributed by atoms with van der Waals surface area (Å²) >= 11 is 0.